The molecule has 2 unspecified atom stereocenters. The molecule has 0 bridgehead atoms. The minimum atomic E-state index is -4.43. The second-order valence-electron chi connectivity index (χ2n) is 9.59. The highest BCUT2D eigenvalue weighted by Crippen LogP contribution is 2.66. The quantitative estimate of drug-likeness (QED) is 0.506. The van der Waals surface area contributed by atoms with Gasteiger partial charge in [-0.25, -0.2) is 4.18 Å². The van der Waals surface area contributed by atoms with E-state index in [0.717, 1.165) is 44.9 Å². The van der Waals surface area contributed by atoms with Gasteiger partial charge in [0.05, 0.1) is 6.10 Å². The Kier molecular flexibility index (Phi) is 4.66. The molecule has 4 saturated carbocycles. The van der Waals surface area contributed by atoms with E-state index in [0.29, 0.717) is 35.9 Å². The number of Topliss-reactive ketones (excluding diaryl/α,β-unsaturated/α-hetero) is 1. The molecule has 4 aliphatic carbocycles. The van der Waals surface area contributed by atoms with Crippen molar-refractivity contribution in [3.63, 3.8) is 0 Å². The summed E-state index contributed by atoms with van der Waals surface area (Å²) < 4.78 is 36.4. The van der Waals surface area contributed by atoms with Crippen LogP contribution in [0.1, 0.15) is 65.2 Å². The Labute approximate surface area is 164 Å². The molecule has 26 heavy (non-hydrogen) atoms. The molecule has 4 rings (SSSR count). The second-order valence-corrected chi connectivity index (χ2v) is 11.8. The predicted molar refractivity (Wildman–Crippen MR) is 101 cm³/mol. The third kappa shape index (κ3) is 2.92. The maximum atomic E-state index is 12.5. The van der Waals surface area contributed by atoms with Crippen molar-refractivity contribution in [2.45, 2.75) is 76.1 Å². The van der Waals surface area contributed by atoms with Crippen molar-refractivity contribution in [2.24, 2.45) is 34.5 Å². The fourth-order valence-electron chi connectivity index (χ4n) is 7.25. The number of halogens is 1. The van der Waals surface area contributed by atoms with Gasteiger partial charge in [0.25, 0.3) is 0 Å². The summed E-state index contributed by atoms with van der Waals surface area (Å²) in [5.41, 5.74) is 0.0343. The van der Waals surface area contributed by atoms with E-state index < -0.39 is 16.5 Å². The second kappa shape index (κ2) is 6.26. The number of alkyl halides is 1. The zero-order valence-corrected chi connectivity index (χ0v) is 17.9. The van der Waals surface area contributed by atoms with Crippen LogP contribution in [-0.4, -0.2) is 29.7 Å². The summed E-state index contributed by atoms with van der Waals surface area (Å²) in [6.07, 6.45) is 7.10. The predicted octanol–water partition coefficient (Wildman–Crippen LogP) is 4.16. The third-order valence-corrected chi connectivity index (χ3v) is 9.98. The molecule has 0 aromatic rings. The van der Waals surface area contributed by atoms with E-state index in [-0.39, 0.29) is 15.7 Å². The molecule has 1 N–H and O–H groups in total. The van der Waals surface area contributed by atoms with Gasteiger partial charge in [0.1, 0.15) is 5.78 Å². The van der Waals surface area contributed by atoms with E-state index in [4.69, 9.17) is 8.74 Å². The minimum absolute atomic E-state index is 0.0806. The molecular weight excluding hydrogens is 420 g/mol. The van der Waals surface area contributed by atoms with Crippen LogP contribution in [-0.2, 0) is 19.4 Å². The summed E-state index contributed by atoms with van der Waals surface area (Å²) >= 11 is 3.64. The minimum Gasteiger partial charge on any atom is -0.299 e. The highest BCUT2D eigenvalue weighted by molar-refractivity contribution is 9.09. The van der Waals surface area contributed by atoms with Crippen molar-refractivity contribution >= 4 is 32.1 Å². The van der Waals surface area contributed by atoms with Crippen LogP contribution >= 0.6 is 15.9 Å². The maximum absolute atomic E-state index is 12.5. The van der Waals surface area contributed by atoms with E-state index in [9.17, 15) is 13.2 Å². The van der Waals surface area contributed by atoms with Crippen molar-refractivity contribution in [3.8, 4) is 0 Å². The van der Waals surface area contributed by atoms with E-state index in [2.05, 4.69) is 29.8 Å². The van der Waals surface area contributed by atoms with Gasteiger partial charge in [0.2, 0.25) is 0 Å². The van der Waals surface area contributed by atoms with E-state index in [1.807, 2.05) is 0 Å². The van der Waals surface area contributed by atoms with E-state index in [1.165, 1.54) is 0 Å². The molecule has 0 heterocycles. The fraction of sp³-hybridized carbons (Fsp3) is 0.947. The van der Waals surface area contributed by atoms with Crippen molar-refractivity contribution in [1.29, 1.82) is 0 Å². The Bertz CT molecular complexity index is 709. The van der Waals surface area contributed by atoms with Gasteiger partial charge < -0.3 is 0 Å². The summed E-state index contributed by atoms with van der Waals surface area (Å²) in [7, 11) is -4.43. The lowest BCUT2D eigenvalue weighted by Gasteiger charge is -2.60. The molecule has 0 spiro atoms. The third-order valence-electron chi connectivity index (χ3n) is 8.57. The molecule has 148 valence electrons. The molecule has 5 nitrogen and oxygen atoms in total. The molecule has 0 aromatic carbocycles. The Hall–Kier alpha value is 0.0200. The number of hydrogen-bond donors (Lipinski definition) is 1. The van der Waals surface area contributed by atoms with Crippen LogP contribution in [0.2, 0.25) is 0 Å². The molecule has 0 amide bonds. The van der Waals surface area contributed by atoms with Crippen LogP contribution in [0.15, 0.2) is 0 Å². The Morgan fingerprint density at radius 2 is 1.88 bits per heavy atom. The average Bonchev–Trinajstić information content (AvgIpc) is 2.83. The molecule has 0 radical (unpaired) electrons. The van der Waals surface area contributed by atoms with Crippen LogP contribution in [0.4, 0.5) is 0 Å². The zero-order valence-electron chi connectivity index (χ0n) is 15.5. The molecule has 4 fully saturated rings. The van der Waals surface area contributed by atoms with Crippen molar-refractivity contribution < 1.29 is 21.9 Å². The van der Waals surface area contributed by atoms with Gasteiger partial charge in [-0.2, -0.15) is 8.42 Å². The van der Waals surface area contributed by atoms with Crippen LogP contribution in [0.3, 0.4) is 0 Å². The number of carbonyl (C=O) groups is 1. The topological polar surface area (TPSA) is 80.7 Å². The van der Waals surface area contributed by atoms with Gasteiger partial charge in [0, 0.05) is 16.7 Å². The van der Waals surface area contributed by atoms with Crippen LogP contribution in [0.5, 0.6) is 0 Å². The highest BCUT2D eigenvalue weighted by Gasteiger charge is 2.61. The molecule has 8 atom stereocenters. The molecule has 0 aromatic heterocycles. The van der Waals surface area contributed by atoms with E-state index >= 15 is 0 Å². The van der Waals surface area contributed by atoms with Gasteiger partial charge >= 0.3 is 10.4 Å². The summed E-state index contributed by atoms with van der Waals surface area (Å²) in [4.78, 5) is 12.4. The maximum Gasteiger partial charge on any atom is 0.397 e. The molecule has 7 heteroatoms. The van der Waals surface area contributed by atoms with Crippen molar-refractivity contribution in [1.82, 2.24) is 0 Å². The standard InChI is InChI=1S/C19H29BrO5S/c1-18-8-7-14-12(13(18)5-6-17(18)21)4-3-11-9-16(25-26(22,23)24)15(20)10-19(11,14)2/h11-16H,3-10H2,1-2H3,(H,22,23,24)/t11?,12-,13-,14-,15?,16+,18-,19-/m0/s1. The SMILES string of the molecule is C[C@]12CC(Br)[C@H](OS(=O)(=O)O)CC1CC[C@@H]1[C@@H]2CC[C@]2(C)C(=O)CC[C@@H]12. The first kappa shape index (κ1) is 19.3. The van der Waals surface area contributed by atoms with Crippen LogP contribution < -0.4 is 0 Å². The first-order chi connectivity index (χ1) is 12.0. The first-order valence-electron chi connectivity index (χ1n) is 9.88. The largest absolute Gasteiger partial charge is 0.397 e. The van der Waals surface area contributed by atoms with Gasteiger partial charge in [0.15, 0.2) is 0 Å². The summed E-state index contributed by atoms with van der Waals surface area (Å²) in [5.74, 6) is 2.60. The Morgan fingerprint density at radius 3 is 2.58 bits per heavy atom. The van der Waals surface area contributed by atoms with Crippen molar-refractivity contribution in [3.05, 3.63) is 0 Å². The first-order valence-corrected chi connectivity index (χ1v) is 12.2. The summed E-state index contributed by atoms with van der Waals surface area (Å²) in [5, 5.41) is 0. The summed E-state index contributed by atoms with van der Waals surface area (Å²) in [6, 6.07) is 0. The number of fused-ring (bicyclic) bond motifs is 5. The van der Waals surface area contributed by atoms with Crippen LogP contribution in [0.25, 0.3) is 0 Å². The normalized spacial score (nSPS) is 51.5. The highest BCUT2D eigenvalue weighted by atomic mass is 79.9. The van der Waals surface area contributed by atoms with Gasteiger partial charge in [-0.3, -0.25) is 9.35 Å². The lowest BCUT2D eigenvalue weighted by atomic mass is 9.45. The zero-order chi connectivity index (χ0) is 18.9. The fourth-order valence-corrected chi connectivity index (χ4v) is 8.94. The molecular formula is C19H29BrO5S. The summed E-state index contributed by atoms with van der Waals surface area (Å²) in [6.45, 7) is 4.56. The number of carbonyl (C=O) groups excluding carboxylic acids is 1. The molecule has 4 aliphatic rings. The smallest absolute Gasteiger partial charge is 0.299 e. The van der Waals surface area contributed by atoms with Gasteiger partial charge in [-0.05, 0) is 74.0 Å². The monoisotopic (exact) mass is 448 g/mol. The Morgan fingerprint density at radius 1 is 1.15 bits per heavy atom. The lowest BCUT2D eigenvalue weighted by molar-refractivity contribution is -0.140. The Balaban J connectivity index is 1.58. The van der Waals surface area contributed by atoms with E-state index in [1.54, 1.807) is 0 Å². The van der Waals surface area contributed by atoms with Gasteiger partial charge in [-0.15, -0.1) is 0 Å². The number of ketones is 1. The molecule has 0 aliphatic heterocycles. The van der Waals surface area contributed by atoms with Crippen LogP contribution in [0, 0.1) is 34.5 Å². The molecule has 0 saturated heterocycles. The number of rotatable bonds is 2. The van der Waals surface area contributed by atoms with Crippen molar-refractivity contribution in [2.75, 3.05) is 0 Å². The lowest BCUT2D eigenvalue weighted by Crippen LogP contribution is -2.56. The number of hydrogen-bond acceptors (Lipinski definition) is 4. The average molecular weight is 449 g/mol. The van der Waals surface area contributed by atoms with Gasteiger partial charge in [-0.1, -0.05) is 29.8 Å².